The van der Waals surface area contributed by atoms with Gasteiger partial charge in [0.2, 0.25) is 0 Å². The van der Waals surface area contributed by atoms with Gasteiger partial charge in [0.25, 0.3) is 0 Å². The number of Topliss-reactive ketones (excluding diaryl/α,β-unsaturated/α-hetero) is 1. The minimum atomic E-state index is 0.0418. The van der Waals surface area contributed by atoms with Crippen LogP contribution < -0.4 is 0 Å². The number of carbonyl (C=O) groups is 1. The van der Waals surface area contributed by atoms with Gasteiger partial charge in [0.15, 0.2) is 0 Å². The van der Waals surface area contributed by atoms with Gasteiger partial charge in [-0.2, -0.15) is 0 Å². The SMILES string of the molecule is Cc1ccc(CC(=O)CC(Cc2ccccc2)c2nnc(CCCC(C)(C)C)n2C2CC2)c(C)c1. The minimum absolute atomic E-state index is 0.0418. The molecule has 4 rings (SSSR count). The van der Waals surface area contributed by atoms with Crippen molar-refractivity contribution in [3.05, 3.63) is 82.4 Å². The van der Waals surface area contributed by atoms with E-state index in [0.29, 0.717) is 24.3 Å². The van der Waals surface area contributed by atoms with Crippen molar-refractivity contribution in [2.24, 2.45) is 5.41 Å². The van der Waals surface area contributed by atoms with Crippen LogP contribution in [0.15, 0.2) is 48.5 Å². The van der Waals surface area contributed by atoms with Gasteiger partial charge in [-0.05, 0) is 68.1 Å². The van der Waals surface area contributed by atoms with Crippen LogP contribution in [0.4, 0.5) is 0 Å². The molecule has 0 spiro atoms. The number of hydrogen-bond donors (Lipinski definition) is 0. The van der Waals surface area contributed by atoms with Crippen LogP contribution in [0.25, 0.3) is 0 Å². The van der Waals surface area contributed by atoms with Gasteiger partial charge in [-0.25, -0.2) is 0 Å². The van der Waals surface area contributed by atoms with Crippen molar-refractivity contribution in [1.29, 1.82) is 0 Å². The molecule has 1 unspecified atom stereocenters. The standard InChI is InChI=1S/C31H41N3O/c1-22-13-14-25(23(2)18-22)20-28(35)21-26(19-24-10-7-6-8-11-24)30-33-32-29(34(30)27-15-16-27)12-9-17-31(3,4)5/h6-8,10-11,13-14,18,26-27H,9,12,15-17,19-21H2,1-5H3. The van der Waals surface area contributed by atoms with E-state index >= 15 is 0 Å². The zero-order valence-electron chi connectivity index (χ0n) is 22.2. The number of nitrogens with zero attached hydrogens (tertiary/aromatic N) is 3. The summed E-state index contributed by atoms with van der Waals surface area (Å²) in [5, 5.41) is 9.42. The first kappa shape index (κ1) is 25.3. The fourth-order valence-corrected chi connectivity index (χ4v) is 5.05. The molecule has 2 aromatic carbocycles. The molecule has 35 heavy (non-hydrogen) atoms. The number of rotatable bonds is 11. The lowest BCUT2D eigenvalue weighted by molar-refractivity contribution is -0.118. The zero-order chi connectivity index (χ0) is 25.0. The smallest absolute Gasteiger partial charge is 0.138 e. The molecule has 1 fully saturated rings. The average molecular weight is 472 g/mol. The van der Waals surface area contributed by atoms with Gasteiger partial charge in [-0.1, -0.05) is 74.9 Å². The molecule has 0 saturated heterocycles. The highest BCUT2D eigenvalue weighted by molar-refractivity contribution is 5.82. The number of benzene rings is 2. The largest absolute Gasteiger partial charge is 0.312 e. The number of aromatic nitrogens is 3. The quantitative estimate of drug-likeness (QED) is 0.299. The highest BCUT2D eigenvalue weighted by Crippen LogP contribution is 2.40. The summed E-state index contributed by atoms with van der Waals surface area (Å²) in [7, 11) is 0. The molecule has 0 bridgehead atoms. The van der Waals surface area contributed by atoms with E-state index in [2.05, 4.69) is 86.7 Å². The molecule has 1 atom stereocenters. The lowest BCUT2D eigenvalue weighted by Crippen LogP contribution is -2.17. The van der Waals surface area contributed by atoms with Gasteiger partial charge in [-0.3, -0.25) is 4.79 Å². The molecular formula is C31H41N3O. The molecule has 3 aromatic rings. The van der Waals surface area contributed by atoms with Gasteiger partial charge >= 0.3 is 0 Å². The predicted molar refractivity (Wildman–Crippen MR) is 143 cm³/mol. The lowest BCUT2D eigenvalue weighted by atomic mass is 9.89. The Morgan fingerprint density at radius 2 is 1.80 bits per heavy atom. The van der Waals surface area contributed by atoms with Crippen LogP contribution in [0.2, 0.25) is 0 Å². The molecule has 0 N–H and O–H groups in total. The second-order valence-corrected chi connectivity index (χ2v) is 11.7. The van der Waals surface area contributed by atoms with E-state index in [0.717, 1.165) is 36.5 Å². The van der Waals surface area contributed by atoms with E-state index < -0.39 is 0 Å². The summed E-state index contributed by atoms with van der Waals surface area (Å²) in [6.07, 6.45) is 7.40. The Kier molecular flexibility index (Phi) is 7.88. The maximum absolute atomic E-state index is 13.4. The van der Waals surface area contributed by atoms with Crippen LogP contribution in [0.1, 0.15) is 98.7 Å². The molecule has 4 nitrogen and oxygen atoms in total. The summed E-state index contributed by atoms with van der Waals surface area (Å²) in [6.45, 7) is 11.1. The second-order valence-electron chi connectivity index (χ2n) is 11.7. The van der Waals surface area contributed by atoms with Crippen LogP contribution in [0, 0.1) is 19.3 Å². The number of hydrogen-bond acceptors (Lipinski definition) is 3. The third-order valence-electron chi connectivity index (χ3n) is 7.08. The number of aryl methyl sites for hydroxylation is 3. The van der Waals surface area contributed by atoms with Gasteiger partial charge in [0, 0.05) is 31.2 Å². The van der Waals surface area contributed by atoms with E-state index in [1.165, 1.54) is 36.0 Å². The Labute approximate surface area is 211 Å². The van der Waals surface area contributed by atoms with E-state index in [9.17, 15) is 4.79 Å². The van der Waals surface area contributed by atoms with Crippen LogP contribution in [0.3, 0.4) is 0 Å². The van der Waals surface area contributed by atoms with E-state index in [-0.39, 0.29) is 11.7 Å². The number of ketones is 1. The maximum Gasteiger partial charge on any atom is 0.138 e. The Hall–Kier alpha value is -2.75. The van der Waals surface area contributed by atoms with Crippen molar-refractivity contribution in [2.75, 3.05) is 0 Å². The summed E-state index contributed by atoms with van der Waals surface area (Å²) in [5.74, 6) is 2.43. The second kappa shape index (κ2) is 10.9. The molecule has 4 heteroatoms. The molecular weight excluding hydrogens is 430 g/mol. The van der Waals surface area contributed by atoms with Crippen molar-refractivity contribution in [3.63, 3.8) is 0 Å². The van der Waals surface area contributed by atoms with Gasteiger partial charge in [0.05, 0.1) is 0 Å². The monoisotopic (exact) mass is 471 g/mol. The maximum atomic E-state index is 13.4. The molecule has 1 heterocycles. The third kappa shape index (κ3) is 7.13. The Morgan fingerprint density at radius 3 is 2.46 bits per heavy atom. The van der Waals surface area contributed by atoms with Crippen molar-refractivity contribution in [2.45, 2.75) is 97.9 Å². The third-order valence-corrected chi connectivity index (χ3v) is 7.08. The molecule has 1 saturated carbocycles. The highest BCUT2D eigenvalue weighted by Gasteiger charge is 2.33. The summed E-state index contributed by atoms with van der Waals surface area (Å²) in [6, 6.07) is 17.4. The molecule has 1 aliphatic carbocycles. The van der Waals surface area contributed by atoms with Crippen LogP contribution in [0.5, 0.6) is 0 Å². The van der Waals surface area contributed by atoms with Crippen LogP contribution in [-0.2, 0) is 24.1 Å². The molecule has 1 aromatic heterocycles. The number of carbonyl (C=O) groups excluding carboxylic acids is 1. The van der Waals surface area contributed by atoms with E-state index in [1.807, 2.05) is 6.07 Å². The summed E-state index contributed by atoms with van der Waals surface area (Å²) >= 11 is 0. The Morgan fingerprint density at radius 1 is 1.06 bits per heavy atom. The molecule has 0 amide bonds. The van der Waals surface area contributed by atoms with E-state index in [1.54, 1.807) is 0 Å². The van der Waals surface area contributed by atoms with Gasteiger partial charge in [0.1, 0.15) is 17.4 Å². The first-order valence-corrected chi connectivity index (χ1v) is 13.2. The van der Waals surface area contributed by atoms with Crippen molar-refractivity contribution >= 4 is 5.78 Å². The lowest BCUT2D eigenvalue weighted by Gasteiger charge is -2.20. The normalized spacial score (nSPS) is 14.8. The van der Waals surface area contributed by atoms with Crippen molar-refractivity contribution < 1.29 is 4.79 Å². The summed E-state index contributed by atoms with van der Waals surface area (Å²) < 4.78 is 2.40. The fourth-order valence-electron chi connectivity index (χ4n) is 5.05. The molecule has 186 valence electrons. The van der Waals surface area contributed by atoms with E-state index in [4.69, 9.17) is 5.10 Å². The molecule has 0 aliphatic heterocycles. The molecule has 1 aliphatic rings. The van der Waals surface area contributed by atoms with Gasteiger partial charge < -0.3 is 4.57 Å². The highest BCUT2D eigenvalue weighted by atomic mass is 16.1. The van der Waals surface area contributed by atoms with Gasteiger partial charge in [-0.15, -0.1) is 10.2 Å². The van der Waals surface area contributed by atoms with Crippen LogP contribution >= 0.6 is 0 Å². The molecule has 0 radical (unpaired) electrons. The first-order chi connectivity index (χ1) is 16.7. The Bertz CT molecular complexity index is 1140. The topological polar surface area (TPSA) is 47.8 Å². The van der Waals surface area contributed by atoms with Crippen molar-refractivity contribution in [1.82, 2.24) is 14.8 Å². The van der Waals surface area contributed by atoms with Crippen molar-refractivity contribution in [3.8, 4) is 0 Å². The fraction of sp³-hybridized carbons (Fsp3) is 0.516. The Balaban J connectivity index is 1.57. The van der Waals surface area contributed by atoms with Crippen LogP contribution in [-0.4, -0.2) is 20.5 Å². The zero-order valence-corrected chi connectivity index (χ0v) is 22.2. The summed E-state index contributed by atoms with van der Waals surface area (Å²) in [4.78, 5) is 13.4. The predicted octanol–water partition coefficient (Wildman–Crippen LogP) is 7.13. The summed E-state index contributed by atoms with van der Waals surface area (Å²) in [5.41, 5.74) is 5.13. The average Bonchev–Trinajstić information content (AvgIpc) is 3.54. The minimum Gasteiger partial charge on any atom is -0.312 e. The first-order valence-electron chi connectivity index (χ1n) is 13.2.